The van der Waals surface area contributed by atoms with Gasteiger partial charge in [-0.2, -0.15) is 0 Å². The third kappa shape index (κ3) is 5.43. The maximum absolute atomic E-state index is 3.57. The predicted molar refractivity (Wildman–Crippen MR) is 83.5 cm³/mol. The minimum Gasteiger partial charge on any atom is -0.316 e. The van der Waals surface area contributed by atoms with E-state index in [-0.39, 0.29) is 0 Å². The Morgan fingerprint density at radius 1 is 1.16 bits per heavy atom. The molecule has 1 aliphatic heterocycles. The molecule has 2 unspecified atom stereocenters. The van der Waals surface area contributed by atoms with Gasteiger partial charge in [0.2, 0.25) is 0 Å². The van der Waals surface area contributed by atoms with E-state index < -0.39 is 0 Å². The quantitative estimate of drug-likeness (QED) is 0.638. The Hall–Kier alpha value is -0.0800. The summed E-state index contributed by atoms with van der Waals surface area (Å²) in [6, 6.07) is 1.74. The lowest BCUT2D eigenvalue weighted by molar-refractivity contribution is 0.145. The number of unbranched alkanes of at least 4 members (excludes halogenated alkanes) is 3. The van der Waals surface area contributed by atoms with E-state index in [0.717, 1.165) is 18.0 Å². The highest BCUT2D eigenvalue weighted by Gasteiger charge is 2.33. The lowest BCUT2D eigenvalue weighted by Crippen LogP contribution is -2.43. The Kier molecular flexibility index (Phi) is 6.66. The maximum atomic E-state index is 3.57. The SMILES string of the molecule is CCCCCCC(C)N(CC1CCCNC1)C1CC1. The standard InChI is InChI=1S/C17H34N2/c1-3-4-5-6-8-15(2)19(17-10-11-17)14-16-9-7-12-18-13-16/h15-18H,3-14H2,1-2H3. The van der Waals surface area contributed by atoms with Crippen LogP contribution in [0.25, 0.3) is 0 Å². The zero-order valence-corrected chi connectivity index (χ0v) is 13.2. The van der Waals surface area contributed by atoms with Gasteiger partial charge in [0.05, 0.1) is 0 Å². The van der Waals surface area contributed by atoms with Crippen LogP contribution in [-0.4, -0.2) is 36.6 Å². The zero-order valence-electron chi connectivity index (χ0n) is 13.2. The Bertz CT molecular complexity index is 231. The van der Waals surface area contributed by atoms with Gasteiger partial charge in [0.1, 0.15) is 0 Å². The number of rotatable bonds is 9. The molecular weight excluding hydrogens is 232 g/mol. The molecular formula is C17H34N2. The first kappa shape index (κ1) is 15.3. The van der Waals surface area contributed by atoms with Gasteiger partial charge < -0.3 is 5.32 Å². The van der Waals surface area contributed by atoms with Crippen molar-refractivity contribution in [2.75, 3.05) is 19.6 Å². The van der Waals surface area contributed by atoms with Crippen molar-refractivity contribution in [3.63, 3.8) is 0 Å². The molecule has 0 radical (unpaired) electrons. The van der Waals surface area contributed by atoms with E-state index in [0.29, 0.717) is 0 Å². The number of nitrogens with zero attached hydrogens (tertiary/aromatic N) is 1. The van der Waals surface area contributed by atoms with Crippen LogP contribution >= 0.6 is 0 Å². The van der Waals surface area contributed by atoms with Crippen LogP contribution in [0.3, 0.4) is 0 Å². The van der Waals surface area contributed by atoms with Crippen LogP contribution < -0.4 is 5.32 Å². The van der Waals surface area contributed by atoms with Crippen LogP contribution in [0.15, 0.2) is 0 Å². The molecule has 2 atom stereocenters. The average molecular weight is 266 g/mol. The molecule has 1 saturated carbocycles. The van der Waals surface area contributed by atoms with Crippen LogP contribution in [0.1, 0.15) is 71.6 Å². The summed E-state index contributed by atoms with van der Waals surface area (Å²) in [5.41, 5.74) is 0. The van der Waals surface area contributed by atoms with E-state index >= 15 is 0 Å². The summed E-state index contributed by atoms with van der Waals surface area (Å²) < 4.78 is 0. The molecule has 2 aliphatic rings. The fraction of sp³-hybridized carbons (Fsp3) is 1.00. The molecule has 2 heteroatoms. The van der Waals surface area contributed by atoms with Gasteiger partial charge in [0, 0.05) is 18.6 Å². The molecule has 1 saturated heterocycles. The average Bonchev–Trinajstić information content (AvgIpc) is 3.26. The van der Waals surface area contributed by atoms with Crippen molar-refractivity contribution < 1.29 is 0 Å². The Morgan fingerprint density at radius 3 is 2.63 bits per heavy atom. The lowest BCUT2D eigenvalue weighted by Gasteiger charge is -2.34. The van der Waals surface area contributed by atoms with Crippen LogP contribution in [0, 0.1) is 5.92 Å². The largest absolute Gasteiger partial charge is 0.316 e. The summed E-state index contributed by atoms with van der Waals surface area (Å²) in [6.45, 7) is 8.63. The highest BCUT2D eigenvalue weighted by Crippen LogP contribution is 2.31. The minimum absolute atomic E-state index is 0.811. The minimum atomic E-state index is 0.811. The summed E-state index contributed by atoms with van der Waals surface area (Å²) >= 11 is 0. The van der Waals surface area contributed by atoms with Crippen molar-refractivity contribution in [3.05, 3.63) is 0 Å². The highest BCUT2D eigenvalue weighted by molar-refractivity contribution is 4.89. The Morgan fingerprint density at radius 2 is 2.00 bits per heavy atom. The van der Waals surface area contributed by atoms with Gasteiger partial charge >= 0.3 is 0 Å². The zero-order chi connectivity index (χ0) is 13.5. The summed E-state index contributed by atoms with van der Waals surface area (Å²) in [4.78, 5) is 2.85. The number of hydrogen-bond acceptors (Lipinski definition) is 2. The van der Waals surface area contributed by atoms with Crippen LogP contribution in [0.4, 0.5) is 0 Å². The van der Waals surface area contributed by atoms with Crippen LogP contribution in [0.5, 0.6) is 0 Å². The molecule has 2 fully saturated rings. The Balaban J connectivity index is 1.71. The van der Waals surface area contributed by atoms with Crippen LogP contribution in [0.2, 0.25) is 0 Å². The molecule has 19 heavy (non-hydrogen) atoms. The predicted octanol–water partition coefficient (Wildman–Crippen LogP) is 3.81. The van der Waals surface area contributed by atoms with Crippen molar-refractivity contribution in [3.8, 4) is 0 Å². The van der Waals surface area contributed by atoms with E-state index in [9.17, 15) is 0 Å². The number of nitrogens with one attached hydrogen (secondary N) is 1. The molecule has 0 aromatic rings. The Labute approximate surface area is 120 Å². The first-order valence-electron chi connectivity index (χ1n) is 8.77. The van der Waals surface area contributed by atoms with E-state index in [1.807, 2.05) is 0 Å². The van der Waals surface area contributed by atoms with Gasteiger partial charge in [0.15, 0.2) is 0 Å². The summed E-state index contributed by atoms with van der Waals surface area (Å²) in [7, 11) is 0. The first-order valence-corrected chi connectivity index (χ1v) is 8.77. The fourth-order valence-corrected chi connectivity index (χ4v) is 3.51. The van der Waals surface area contributed by atoms with Crippen molar-refractivity contribution in [1.29, 1.82) is 0 Å². The van der Waals surface area contributed by atoms with Crippen LogP contribution in [-0.2, 0) is 0 Å². The smallest absolute Gasteiger partial charge is 0.00993 e. The molecule has 0 amide bonds. The molecule has 0 aromatic heterocycles. The first-order chi connectivity index (χ1) is 9.31. The number of hydrogen-bond donors (Lipinski definition) is 1. The van der Waals surface area contributed by atoms with Crippen molar-refractivity contribution in [1.82, 2.24) is 10.2 Å². The fourth-order valence-electron chi connectivity index (χ4n) is 3.51. The maximum Gasteiger partial charge on any atom is 0.00993 e. The monoisotopic (exact) mass is 266 g/mol. The number of piperidine rings is 1. The molecule has 112 valence electrons. The van der Waals surface area contributed by atoms with Gasteiger partial charge in [-0.15, -0.1) is 0 Å². The van der Waals surface area contributed by atoms with Crippen molar-refractivity contribution >= 4 is 0 Å². The van der Waals surface area contributed by atoms with E-state index in [1.54, 1.807) is 0 Å². The normalized spacial score (nSPS) is 25.7. The molecule has 1 heterocycles. The van der Waals surface area contributed by atoms with Crippen molar-refractivity contribution in [2.45, 2.75) is 83.7 Å². The molecule has 2 nitrogen and oxygen atoms in total. The summed E-state index contributed by atoms with van der Waals surface area (Å²) in [6.07, 6.45) is 12.8. The molecule has 1 aliphatic carbocycles. The molecule has 0 aromatic carbocycles. The molecule has 1 N–H and O–H groups in total. The second-order valence-electron chi connectivity index (χ2n) is 6.84. The van der Waals surface area contributed by atoms with Gasteiger partial charge in [-0.1, -0.05) is 32.6 Å². The molecule has 2 rings (SSSR count). The second kappa shape index (κ2) is 8.26. The van der Waals surface area contributed by atoms with E-state index in [2.05, 4.69) is 24.1 Å². The van der Waals surface area contributed by atoms with E-state index in [4.69, 9.17) is 0 Å². The summed E-state index contributed by atoms with van der Waals surface area (Å²) in [5.74, 6) is 0.910. The van der Waals surface area contributed by atoms with Gasteiger partial charge in [0.25, 0.3) is 0 Å². The third-order valence-electron chi connectivity index (χ3n) is 4.93. The van der Waals surface area contributed by atoms with Gasteiger partial charge in [-0.3, -0.25) is 4.90 Å². The van der Waals surface area contributed by atoms with Crippen molar-refractivity contribution in [2.24, 2.45) is 5.92 Å². The lowest BCUT2D eigenvalue weighted by atomic mass is 9.97. The second-order valence-corrected chi connectivity index (χ2v) is 6.84. The molecule has 0 bridgehead atoms. The van der Waals surface area contributed by atoms with Gasteiger partial charge in [-0.25, -0.2) is 0 Å². The third-order valence-corrected chi connectivity index (χ3v) is 4.93. The molecule has 0 spiro atoms. The summed E-state index contributed by atoms with van der Waals surface area (Å²) in [5, 5.41) is 3.57. The van der Waals surface area contributed by atoms with Gasteiger partial charge in [-0.05, 0) is 58.0 Å². The van der Waals surface area contributed by atoms with E-state index in [1.165, 1.54) is 77.4 Å². The highest BCUT2D eigenvalue weighted by atomic mass is 15.2. The topological polar surface area (TPSA) is 15.3 Å².